The molecule has 3 heterocycles. The number of benzene rings is 2. The summed E-state index contributed by atoms with van der Waals surface area (Å²) in [7, 11) is -4.00. The van der Waals surface area contributed by atoms with Crippen molar-refractivity contribution in [3.8, 4) is 5.69 Å². The largest absolute Gasteiger partial charge is 0.481 e. The van der Waals surface area contributed by atoms with Crippen LogP contribution >= 0.6 is 0 Å². The first-order chi connectivity index (χ1) is 18.2. The molecule has 0 amide bonds. The zero-order chi connectivity index (χ0) is 26.7. The molecule has 8 nitrogen and oxygen atoms in total. The van der Waals surface area contributed by atoms with Gasteiger partial charge in [0.2, 0.25) is 10.0 Å². The minimum Gasteiger partial charge on any atom is -0.481 e. The van der Waals surface area contributed by atoms with Crippen molar-refractivity contribution >= 4 is 27.8 Å². The van der Waals surface area contributed by atoms with E-state index in [-0.39, 0.29) is 43.2 Å². The van der Waals surface area contributed by atoms with Crippen molar-refractivity contribution in [1.29, 1.82) is 0 Å². The van der Waals surface area contributed by atoms with Crippen LogP contribution in [0, 0.1) is 11.2 Å². The number of sulfonamides is 1. The fourth-order valence-corrected chi connectivity index (χ4v) is 7.27. The van der Waals surface area contributed by atoms with Crippen LogP contribution in [0.1, 0.15) is 24.1 Å². The topological polar surface area (TPSA) is 95.7 Å². The first-order valence-electron chi connectivity index (χ1n) is 12.4. The quantitative estimate of drug-likeness (QED) is 0.531. The summed E-state index contributed by atoms with van der Waals surface area (Å²) in [6, 6.07) is 12.3. The second-order valence-corrected chi connectivity index (χ2v) is 12.0. The summed E-state index contributed by atoms with van der Waals surface area (Å²) >= 11 is 0. The molecule has 2 aliphatic heterocycles. The average molecular weight is 541 g/mol. The number of hydrogen-bond acceptors (Lipinski definition) is 5. The number of nitrogens with zero attached hydrogens (tertiary/aromatic N) is 4. The third kappa shape index (κ3) is 4.01. The van der Waals surface area contributed by atoms with Gasteiger partial charge in [0, 0.05) is 31.9 Å². The molecule has 2 atom stereocenters. The molecule has 2 fully saturated rings. The van der Waals surface area contributed by atoms with Gasteiger partial charge in [0.15, 0.2) is 0 Å². The number of alkyl halides is 1. The van der Waals surface area contributed by atoms with Gasteiger partial charge < -0.3 is 10.0 Å². The van der Waals surface area contributed by atoms with Gasteiger partial charge in [-0.1, -0.05) is 6.07 Å². The van der Waals surface area contributed by atoms with Gasteiger partial charge in [0.1, 0.15) is 17.4 Å². The molecule has 0 saturated carbocycles. The number of carboxylic acid groups (broad SMARTS) is 1. The molecule has 1 aliphatic carbocycles. The van der Waals surface area contributed by atoms with Gasteiger partial charge in [-0.2, -0.15) is 9.40 Å². The molecule has 3 aromatic rings. The minimum absolute atomic E-state index is 0.0610. The van der Waals surface area contributed by atoms with Crippen LogP contribution in [0.4, 0.5) is 14.5 Å². The molecule has 0 spiro atoms. The van der Waals surface area contributed by atoms with E-state index in [1.165, 1.54) is 28.6 Å². The van der Waals surface area contributed by atoms with Gasteiger partial charge >= 0.3 is 5.97 Å². The third-order valence-corrected chi connectivity index (χ3v) is 9.65. The zero-order valence-corrected chi connectivity index (χ0v) is 21.2. The molecule has 2 aromatic carbocycles. The van der Waals surface area contributed by atoms with Crippen molar-refractivity contribution < 1.29 is 27.1 Å². The number of anilines is 1. The summed E-state index contributed by atoms with van der Waals surface area (Å²) in [6.07, 6.45) is 3.16. The Bertz CT molecular complexity index is 1550. The van der Waals surface area contributed by atoms with Gasteiger partial charge in [-0.15, -0.1) is 0 Å². The van der Waals surface area contributed by atoms with Crippen molar-refractivity contribution in [2.24, 2.45) is 5.41 Å². The lowest BCUT2D eigenvalue weighted by Crippen LogP contribution is -2.53. The van der Waals surface area contributed by atoms with Crippen LogP contribution in [0.15, 0.2) is 65.2 Å². The highest BCUT2D eigenvalue weighted by Gasteiger charge is 2.51. The predicted octanol–water partition coefficient (Wildman–Crippen LogP) is 3.66. The molecule has 2 saturated heterocycles. The molecule has 1 N–H and O–H groups in total. The molecule has 1 aromatic heterocycles. The number of aromatic nitrogens is 2. The van der Waals surface area contributed by atoms with E-state index < -0.39 is 27.6 Å². The number of fused-ring (bicyclic) bond motifs is 2. The molecule has 11 heteroatoms. The SMILES string of the molecule is O=C(O)C12Cc3cnn(-c4ccc(F)cc4)c3C=C1CCN(S(=O)(=O)c1cccc(N3CC[C@@H](F)C3)c1)C2. The molecule has 0 radical (unpaired) electrons. The van der Waals surface area contributed by atoms with Crippen molar-refractivity contribution in [3.05, 3.63) is 77.4 Å². The van der Waals surface area contributed by atoms with Crippen LogP contribution in [0.3, 0.4) is 0 Å². The fourth-order valence-electron chi connectivity index (χ4n) is 5.73. The molecule has 3 aliphatic rings. The Hall–Kier alpha value is -3.57. The van der Waals surface area contributed by atoms with Crippen LogP contribution in [-0.2, 0) is 21.2 Å². The Labute approximate surface area is 218 Å². The summed E-state index contributed by atoms with van der Waals surface area (Å²) in [5, 5.41) is 14.8. The molecule has 0 bridgehead atoms. The Morgan fingerprint density at radius 1 is 1.11 bits per heavy atom. The van der Waals surface area contributed by atoms with Crippen LogP contribution in [0.2, 0.25) is 0 Å². The van der Waals surface area contributed by atoms with E-state index in [1.807, 2.05) is 4.90 Å². The van der Waals surface area contributed by atoms with E-state index in [2.05, 4.69) is 5.10 Å². The lowest BCUT2D eigenvalue weighted by molar-refractivity contribution is -0.147. The summed E-state index contributed by atoms with van der Waals surface area (Å²) in [6.45, 7) is 0.651. The van der Waals surface area contributed by atoms with E-state index in [1.54, 1.807) is 41.2 Å². The van der Waals surface area contributed by atoms with Crippen LogP contribution in [0.5, 0.6) is 0 Å². The van der Waals surface area contributed by atoms with Crippen molar-refractivity contribution in [1.82, 2.24) is 14.1 Å². The average Bonchev–Trinajstić information content (AvgIpc) is 3.53. The molecule has 1 unspecified atom stereocenters. The van der Waals surface area contributed by atoms with Crippen molar-refractivity contribution in [3.63, 3.8) is 0 Å². The highest BCUT2D eigenvalue weighted by atomic mass is 32.2. The van der Waals surface area contributed by atoms with E-state index in [4.69, 9.17) is 0 Å². The lowest BCUT2D eigenvalue weighted by Gasteiger charge is -2.43. The molecular formula is C27H26F2N4O4S. The van der Waals surface area contributed by atoms with Gasteiger partial charge in [0.05, 0.1) is 22.5 Å². The zero-order valence-electron chi connectivity index (χ0n) is 20.4. The number of aliphatic carboxylic acids is 1. The number of carboxylic acids is 1. The number of halogens is 2. The number of carbonyl (C=O) groups is 1. The first-order valence-corrected chi connectivity index (χ1v) is 13.9. The van der Waals surface area contributed by atoms with Crippen LogP contribution < -0.4 is 4.90 Å². The molecule has 38 heavy (non-hydrogen) atoms. The highest BCUT2D eigenvalue weighted by Crippen LogP contribution is 2.45. The molecule has 6 rings (SSSR count). The normalized spacial score (nSPS) is 23.6. The smallest absolute Gasteiger partial charge is 0.315 e. The Kier molecular flexibility index (Phi) is 5.88. The summed E-state index contributed by atoms with van der Waals surface area (Å²) < 4.78 is 57.4. The Morgan fingerprint density at radius 3 is 2.61 bits per heavy atom. The van der Waals surface area contributed by atoms with Crippen molar-refractivity contribution in [2.45, 2.75) is 30.3 Å². The first kappa shape index (κ1) is 24.7. The lowest BCUT2D eigenvalue weighted by atomic mass is 9.69. The number of rotatable bonds is 5. The van der Waals surface area contributed by atoms with Gasteiger partial charge in [-0.25, -0.2) is 21.9 Å². The van der Waals surface area contributed by atoms with E-state index in [0.29, 0.717) is 41.2 Å². The Balaban J connectivity index is 1.32. The fraction of sp³-hybridized carbons (Fsp3) is 0.333. The van der Waals surface area contributed by atoms with Crippen LogP contribution in [0.25, 0.3) is 11.8 Å². The van der Waals surface area contributed by atoms with E-state index >= 15 is 0 Å². The second kappa shape index (κ2) is 9.02. The molecule has 198 valence electrons. The van der Waals surface area contributed by atoms with Gasteiger partial charge in [0.25, 0.3) is 0 Å². The minimum atomic E-state index is -4.00. The third-order valence-electron chi connectivity index (χ3n) is 7.81. The number of hydrogen-bond donors (Lipinski definition) is 1. The standard InChI is InChI=1S/C27H26F2N4O4S/c28-20-4-6-22(7-5-20)33-25-12-19-8-11-32(17-27(19,26(34)35)14-18(25)15-30-33)38(36,37)24-3-1-2-23(13-24)31-10-9-21(29)16-31/h1-7,12-13,15,21H,8-11,14,16-17H2,(H,34,35)/t21-,27?/m1/s1. The number of piperidine rings is 1. The van der Waals surface area contributed by atoms with E-state index in [0.717, 1.165) is 0 Å². The maximum atomic E-state index is 13.7. The van der Waals surface area contributed by atoms with Gasteiger partial charge in [-0.05, 0) is 78.9 Å². The van der Waals surface area contributed by atoms with Crippen molar-refractivity contribution in [2.75, 3.05) is 31.1 Å². The summed E-state index contributed by atoms with van der Waals surface area (Å²) in [4.78, 5) is 14.6. The summed E-state index contributed by atoms with van der Waals surface area (Å²) in [5.74, 6) is -1.46. The maximum Gasteiger partial charge on any atom is 0.315 e. The Morgan fingerprint density at radius 2 is 1.89 bits per heavy atom. The second-order valence-electron chi connectivity index (χ2n) is 10.1. The monoisotopic (exact) mass is 540 g/mol. The van der Waals surface area contributed by atoms with Crippen LogP contribution in [-0.4, -0.2) is 65.9 Å². The predicted molar refractivity (Wildman–Crippen MR) is 137 cm³/mol. The van der Waals surface area contributed by atoms with E-state index in [9.17, 15) is 27.1 Å². The maximum absolute atomic E-state index is 13.7. The highest BCUT2D eigenvalue weighted by molar-refractivity contribution is 7.89. The molecular weight excluding hydrogens is 514 g/mol. The van der Waals surface area contributed by atoms with Gasteiger partial charge in [-0.3, -0.25) is 4.79 Å². The summed E-state index contributed by atoms with van der Waals surface area (Å²) in [5.41, 5.74) is 1.87.